The number of nitrogens with zero attached hydrogens (tertiary/aromatic N) is 4. The molecule has 0 amide bonds. The van der Waals surface area contributed by atoms with Gasteiger partial charge in [-0.15, -0.1) is 0 Å². The van der Waals surface area contributed by atoms with Gasteiger partial charge in [-0.2, -0.15) is 5.10 Å². The molecule has 0 radical (unpaired) electrons. The van der Waals surface area contributed by atoms with E-state index in [1.807, 2.05) is 53.3 Å². The summed E-state index contributed by atoms with van der Waals surface area (Å²) in [6.07, 6.45) is 1.92. The first-order valence-electron chi connectivity index (χ1n) is 9.97. The van der Waals surface area contributed by atoms with E-state index in [0.717, 1.165) is 54.7 Å². The number of rotatable bonds is 5. The standard InChI is InChI=1S/C22H22Cl3N5S/c23-18-6-5-17(20(25)13-18)14-28-9-11-29(12-10-28)22(31)26-21-7-8-30(27-21)15-16-3-1-2-4-19(16)24/h1-8,13H,9-12,14-15H2,(H,26,27,31). The smallest absolute Gasteiger partial charge is 0.174 e. The molecule has 0 saturated carbocycles. The van der Waals surface area contributed by atoms with Gasteiger partial charge >= 0.3 is 0 Å². The van der Waals surface area contributed by atoms with Crippen LogP contribution in [0.25, 0.3) is 0 Å². The second kappa shape index (κ2) is 10.2. The zero-order valence-electron chi connectivity index (χ0n) is 16.8. The van der Waals surface area contributed by atoms with Crippen LogP contribution in [0.3, 0.4) is 0 Å². The van der Waals surface area contributed by atoms with Gasteiger partial charge in [-0.3, -0.25) is 9.58 Å². The largest absolute Gasteiger partial charge is 0.346 e. The van der Waals surface area contributed by atoms with E-state index in [9.17, 15) is 0 Å². The predicted octanol–water partition coefficient (Wildman–Crippen LogP) is 5.41. The molecule has 162 valence electrons. The van der Waals surface area contributed by atoms with Crippen molar-refractivity contribution in [3.8, 4) is 0 Å². The third-order valence-corrected chi connectivity index (χ3v) is 6.55. The summed E-state index contributed by atoms with van der Waals surface area (Å²) in [5, 5.41) is 10.6. The van der Waals surface area contributed by atoms with Crippen LogP contribution in [-0.4, -0.2) is 50.9 Å². The van der Waals surface area contributed by atoms with Crippen LogP contribution in [0.4, 0.5) is 5.82 Å². The van der Waals surface area contributed by atoms with E-state index in [0.29, 0.717) is 21.7 Å². The van der Waals surface area contributed by atoms with E-state index in [1.54, 1.807) is 6.07 Å². The summed E-state index contributed by atoms with van der Waals surface area (Å²) >= 11 is 24.2. The molecule has 3 aromatic rings. The van der Waals surface area contributed by atoms with Gasteiger partial charge in [0.1, 0.15) is 0 Å². The third kappa shape index (κ3) is 5.90. The summed E-state index contributed by atoms with van der Waals surface area (Å²) in [5.41, 5.74) is 2.11. The van der Waals surface area contributed by atoms with Crippen molar-refractivity contribution in [2.75, 3.05) is 31.5 Å². The Morgan fingerprint density at radius 3 is 2.39 bits per heavy atom. The van der Waals surface area contributed by atoms with E-state index in [1.165, 1.54) is 0 Å². The molecule has 0 atom stereocenters. The van der Waals surface area contributed by atoms with Crippen molar-refractivity contribution in [3.05, 3.63) is 80.9 Å². The molecular weight excluding hydrogens is 473 g/mol. The maximum absolute atomic E-state index is 6.31. The zero-order chi connectivity index (χ0) is 21.8. The quantitative estimate of drug-likeness (QED) is 0.480. The maximum Gasteiger partial charge on any atom is 0.174 e. The van der Waals surface area contributed by atoms with Gasteiger partial charge in [-0.1, -0.05) is 59.1 Å². The first-order chi connectivity index (χ1) is 15.0. The Kier molecular flexibility index (Phi) is 7.35. The number of nitrogens with one attached hydrogen (secondary N) is 1. The number of hydrogen-bond acceptors (Lipinski definition) is 3. The molecule has 1 aliphatic rings. The molecule has 2 heterocycles. The highest BCUT2D eigenvalue weighted by Gasteiger charge is 2.20. The lowest BCUT2D eigenvalue weighted by Gasteiger charge is -2.36. The first-order valence-corrected chi connectivity index (χ1v) is 11.5. The second-order valence-electron chi connectivity index (χ2n) is 7.42. The SMILES string of the molecule is S=C(Nc1ccn(Cc2ccccc2Cl)n1)N1CCN(Cc2ccc(Cl)cc2Cl)CC1. The van der Waals surface area contributed by atoms with Gasteiger partial charge in [-0.05, 0) is 41.5 Å². The van der Waals surface area contributed by atoms with Crippen LogP contribution >= 0.6 is 47.0 Å². The van der Waals surface area contributed by atoms with Crippen LogP contribution in [0.5, 0.6) is 0 Å². The highest BCUT2D eigenvalue weighted by molar-refractivity contribution is 7.80. The molecule has 5 nitrogen and oxygen atoms in total. The van der Waals surface area contributed by atoms with E-state index in [-0.39, 0.29) is 0 Å². The average Bonchev–Trinajstić information content (AvgIpc) is 3.19. The minimum Gasteiger partial charge on any atom is -0.346 e. The highest BCUT2D eigenvalue weighted by atomic mass is 35.5. The molecule has 1 aromatic heterocycles. The normalized spacial score (nSPS) is 14.6. The minimum atomic E-state index is 0.611. The number of piperazine rings is 1. The second-order valence-corrected chi connectivity index (χ2v) is 9.06. The molecule has 1 N–H and O–H groups in total. The minimum absolute atomic E-state index is 0.611. The van der Waals surface area contributed by atoms with Crippen molar-refractivity contribution < 1.29 is 0 Å². The maximum atomic E-state index is 6.31. The topological polar surface area (TPSA) is 36.3 Å². The van der Waals surface area contributed by atoms with Gasteiger partial charge in [0.2, 0.25) is 0 Å². The van der Waals surface area contributed by atoms with Crippen LogP contribution in [0.15, 0.2) is 54.7 Å². The molecule has 31 heavy (non-hydrogen) atoms. The van der Waals surface area contributed by atoms with Crippen molar-refractivity contribution in [2.24, 2.45) is 0 Å². The number of thiocarbonyl (C=S) groups is 1. The van der Waals surface area contributed by atoms with Crippen molar-refractivity contribution in [1.82, 2.24) is 19.6 Å². The summed E-state index contributed by atoms with van der Waals surface area (Å²) < 4.78 is 1.85. The van der Waals surface area contributed by atoms with Gasteiger partial charge in [0, 0.05) is 60.1 Å². The summed E-state index contributed by atoms with van der Waals surface area (Å²) in [7, 11) is 0. The van der Waals surface area contributed by atoms with Crippen LogP contribution in [0.2, 0.25) is 15.1 Å². The Labute approximate surface area is 202 Å². The molecular formula is C22H22Cl3N5S. The molecule has 0 unspecified atom stereocenters. The average molecular weight is 495 g/mol. The molecule has 1 aliphatic heterocycles. The van der Waals surface area contributed by atoms with Crippen LogP contribution in [0, 0.1) is 0 Å². The van der Waals surface area contributed by atoms with Gasteiger partial charge in [0.05, 0.1) is 6.54 Å². The summed E-state index contributed by atoms with van der Waals surface area (Å²) in [6, 6.07) is 15.4. The Morgan fingerprint density at radius 2 is 1.65 bits per heavy atom. The lowest BCUT2D eigenvalue weighted by atomic mass is 10.2. The van der Waals surface area contributed by atoms with Crippen molar-refractivity contribution in [3.63, 3.8) is 0 Å². The lowest BCUT2D eigenvalue weighted by Crippen LogP contribution is -2.49. The van der Waals surface area contributed by atoms with Crippen molar-refractivity contribution >= 4 is 58.0 Å². The zero-order valence-corrected chi connectivity index (χ0v) is 19.9. The van der Waals surface area contributed by atoms with Gasteiger partial charge in [0.15, 0.2) is 10.9 Å². The fourth-order valence-electron chi connectivity index (χ4n) is 3.51. The van der Waals surface area contributed by atoms with E-state index in [4.69, 9.17) is 47.0 Å². The van der Waals surface area contributed by atoms with Crippen LogP contribution in [0.1, 0.15) is 11.1 Å². The Balaban J connectivity index is 1.27. The summed E-state index contributed by atoms with van der Waals surface area (Å²) in [6.45, 7) is 4.91. The predicted molar refractivity (Wildman–Crippen MR) is 132 cm³/mol. The van der Waals surface area contributed by atoms with Crippen molar-refractivity contribution in [1.29, 1.82) is 0 Å². The number of aromatic nitrogens is 2. The summed E-state index contributed by atoms with van der Waals surface area (Å²) in [4.78, 5) is 4.54. The Morgan fingerprint density at radius 1 is 0.903 bits per heavy atom. The molecule has 1 fully saturated rings. The van der Waals surface area contributed by atoms with Gasteiger partial charge < -0.3 is 10.2 Å². The van der Waals surface area contributed by atoms with Gasteiger partial charge in [0.25, 0.3) is 0 Å². The molecule has 0 spiro atoms. The molecule has 2 aromatic carbocycles. The number of hydrogen-bond donors (Lipinski definition) is 1. The first kappa shape index (κ1) is 22.4. The monoisotopic (exact) mass is 493 g/mol. The molecule has 0 aliphatic carbocycles. The molecule has 0 bridgehead atoms. The fraction of sp³-hybridized carbons (Fsp3) is 0.273. The van der Waals surface area contributed by atoms with E-state index < -0.39 is 0 Å². The van der Waals surface area contributed by atoms with Crippen molar-refractivity contribution in [2.45, 2.75) is 13.1 Å². The van der Waals surface area contributed by atoms with E-state index in [2.05, 4.69) is 20.2 Å². The van der Waals surface area contributed by atoms with E-state index >= 15 is 0 Å². The van der Waals surface area contributed by atoms with Crippen LogP contribution < -0.4 is 5.32 Å². The molecule has 1 saturated heterocycles. The third-order valence-electron chi connectivity index (χ3n) is 5.23. The summed E-state index contributed by atoms with van der Waals surface area (Å²) in [5.74, 6) is 0.729. The molecule has 9 heteroatoms. The molecule has 4 rings (SSSR count). The number of anilines is 1. The highest BCUT2D eigenvalue weighted by Crippen LogP contribution is 2.23. The van der Waals surface area contributed by atoms with Crippen LogP contribution in [-0.2, 0) is 13.1 Å². The Hall–Kier alpha value is -1.83. The number of benzene rings is 2. The van der Waals surface area contributed by atoms with Gasteiger partial charge in [-0.25, -0.2) is 0 Å². The Bertz CT molecular complexity index is 1060. The lowest BCUT2D eigenvalue weighted by molar-refractivity contribution is 0.177. The fourth-order valence-corrected chi connectivity index (χ4v) is 4.46. The number of halogens is 3.